The van der Waals surface area contributed by atoms with Crippen LogP contribution in [0.1, 0.15) is 23.5 Å². The number of methoxy groups -OCH3 is 1. The van der Waals surface area contributed by atoms with Gasteiger partial charge in [-0.15, -0.1) is 0 Å². The van der Waals surface area contributed by atoms with E-state index in [1.54, 1.807) is 13.3 Å². The first-order chi connectivity index (χ1) is 10.7. The predicted molar refractivity (Wildman–Crippen MR) is 81.6 cm³/mol. The summed E-state index contributed by atoms with van der Waals surface area (Å²) in [7, 11) is 3.49. The highest BCUT2D eigenvalue weighted by Crippen LogP contribution is 2.27. The molecular formula is C16H20N4O2. The Hall–Kier alpha value is -2.37. The minimum absolute atomic E-state index is 0.152. The molecule has 0 saturated carbocycles. The highest BCUT2D eigenvalue weighted by molar-refractivity contribution is 5.79. The van der Waals surface area contributed by atoms with E-state index < -0.39 is 0 Å². The van der Waals surface area contributed by atoms with E-state index in [9.17, 15) is 4.79 Å². The Morgan fingerprint density at radius 1 is 1.50 bits per heavy atom. The molecule has 6 nitrogen and oxygen atoms in total. The molecule has 1 aliphatic rings. The van der Waals surface area contributed by atoms with Crippen molar-refractivity contribution in [1.29, 1.82) is 0 Å². The zero-order chi connectivity index (χ0) is 15.5. The van der Waals surface area contributed by atoms with Crippen LogP contribution in [0.4, 0.5) is 0 Å². The number of aromatic nitrogens is 3. The van der Waals surface area contributed by atoms with Gasteiger partial charge in [-0.05, 0) is 23.6 Å². The first-order valence-corrected chi connectivity index (χ1v) is 7.41. The SMILES string of the molecule is COc1cc(CC(=O)N2CCC(c3cnn(C)c3)C2)ccn1. The molecule has 0 radical (unpaired) electrons. The van der Waals surface area contributed by atoms with Crippen LogP contribution >= 0.6 is 0 Å². The average Bonchev–Trinajstić information content (AvgIpc) is 3.16. The Morgan fingerprint density at radius 3 is 3.09 bits per heavy atom. The zero-order valence-corrected chi connectivity index (χ0v) is 12.9. The molecule has 1 atom stereocenters. The fourth-order valence-corrected chi connectivity index (χ4v) is 2.87. The molecular weight excluding hydrogens is 280 g/mol. The number of ether oxygens (including phenoxy) is 1. The van der Waals surface area contributed by atoms with E-state index in [0.717, 1.165) is 25.1 Å². The molecule has 1 aliphatic heterocycles. The van der Waals surface area contributed by atoms with Gasteiger partial charge in [-0.3, -0.25) is 9.48 Å². The van der Waals surface area contributed by atoms with Gasteiger partial charge in [0.15, 0.2) is 0 Å². The topological polar surface area (TPSA) is 60.2 Å². The summed E-state index contributed by atoms with van der Waals surface area (Å²) in [5.74, 6) is 1.09. The number of carbonyl (C=O) groups excluding carboxylic acids is 1. The van der Waals surface area contributed by atoms with Gasteiger partial charge >= 0.3 is 0 Å². The second kappa shape index (κ2) is 6.17. The number of hydrogen-bond donors (Lipinski definition) is 0. The summed E-state index contributed by atoms with van der Waals surface area (Å²) in [5, 5.41) is 4.21. The van der Waals surface area contributed by atoms with E-state index in [1.165, 1.54) is 5.56 Å². The number of amides is 1. The first-order valence-electron chi connectivity index (χ1n) is 7.41. The van der Waals surface area contributed by atoms with Crippen molar-refractivity contribution >= 4 is 5.91 Å². The standard InChI is InChI=1S/C16H20N4O2/c1-19-10-14(9-18-19)13-4-6-20(11-13)16(21)8-12-3-5-17-15(7-12)22-2/h3,5,7,9-10,13H,4,6,8,11H2,1-2H3. The lowest BCUT2D eigenvalue weighted by Crippen LogP contribution is -2.29. The van der Waals surface area contributed by atoms with Crippen molar-refractivity contribution in [3.8, 4) is 5.88 Å². The van der Waals surface area contributed by atoms with Gasteiger partial charge in [0.2, 0.25) is 11.8 Å². The second-order valence-electron chi connectivity index (χ2n) is 5.66. The maximum Gasteiger partial charge on any atom is 0.227 e. The summed E-state index contributed by atoms with van der Waals surface area (Å²) < 4.78 is 6.90. The molecule has 0 aliphatic carbocycles. The molecule has 3 rings (SSSR count). The molecule has 1 saturated heterocycles. The van der Waals surface area contributed by atoms with Crippen LogP contribution in [0.5, 0.6) is 5.88 Å². The quantitative estimate of drug-likeness (QED) is 0.856. The van der Waals surface area contributed by atoms with Crippen molar-refractivity contribution in [2.75, 3.05) is 20.2 Å². The fourth-order valence-electron chi connectivity index (χ4n) is 2.87. The molecule has 1 fully saturated rings. The summed E-state index contributed by atoms with van der Waals surface area (Å²) in [4.78, 5) is 18.4. The minimum Gasteiger partial charge on any atom is -0.481 e. The molecule has 3 heterocycles. The maximum absolute atomic E-state index is 12.4. The molecule has 0 aromatic carbocycles. The number of carbonyl (C=O) groups is 1. The maximum atomic E-state index is 12.4. The zero-order valence-electron chi connectivity index (χ0n) is 12.9. The van der Waals surface area contributed by atoms with E-state index in [1.807, 2.05) is 41.2 Å². The van der Waals surface area contributed by atoms with Crippen molar-refractivity contribution < 1.29 is 9.53 Å². The molecule has 0 N–H and O–H groups in total. The summed E-state index contributed by atoms with van der Waals surface area (Å²) in [6.07, 6.45) is 6.98. The lowest BCUT2D eigenvalue weighted by molar-refractivity contribution is -0.129. The van der Waals surface area contributed by atoms with E-state index in [0.29, 0.717) is 18.2 Å². The monoisotopic (exact) mass is 300 g/mol. The molecule has 1 amide bonds. The predicted octanol–water partition coefficient (Wildman–Crippen LogP) is 1.38. The summed E-state index contributed by atoms with van der Waals surface area (Å²) in [6, 6.07) is 3.67. The normalized spacial score (nSPS) is 17.7. The minimum atomic E-state index is 0.152. The number of hydrogen-bond acceptors (Lipinski definition) is 4. The van der Waals surface area contributed by atoms with E-state index >= 15 is 0 Å². The van der Waals surface area contributed by atoms with Gasteiger partial charge < -0.3 is 9.64 Å². The summed E-state index contributed by atoms with van der Waals surface area (Å²) in [6.45, 7) is 1.58. The Morgan fingerprint density at radius 2 is 2.36 bits per heavy atom. The third-order valence-corrected chi connectivity index (χ3v) is 4.10. The van der Waals surface area contributed by atoms with Crippen LogP contribution in [0.2, 0.25) is 0 Å². The molecule has 22 heavy (non-hydrogen) atoms. The van der Waals surface area contributed by atoms with Gasteiger partial charge in [-0.25, -0.2) is 4.98 Å². The van der Waals surface area contributed by atoms with Gasteiger partial charge in [0.05, 0.1) is 19.7 Å². The van der Waals surface area contributed by atoms with Crippen LogP contribution in [0.3, 0.4) is 0 Å². The fraction of sp³-hybridized carbons (Fsp3) is 0.438. The molecule has 2 aromatic rings. The van der Waals surface area contributed by atoms with Crippen LogP contribution in [-0.2, 0) is 18.3 Å². The number of aryl methyl sites for hydroxylation is 1. The van der Waals surface area contributed by atoms with Crippen molar-refractivity contribution in [1.82, 2.24) is 19.7 Å². The van der Waals surface area contributed by atoms with Gasteiger partial charge in [0, 0.05) is 44.5 Å². The van der Waals surface area contributed by atoms with Gasteiger partial charge in [0.25, 0.3) is 0 Å². The third-order valence-electron chi connectivity index (χ3n) is 4.10. The molecule has 6 heteroatoms. The number of pyridine rings is 1. The largest absolute Gasteiger partial charge is 0.481 e. The third kappa shape index (κ3) is 3.10. The van der Waals surface area contributed by atoms with E-state index in [-0.39, 0.29) is 5.91 Å². The number of nitrogens with zero attached hydrogens (tertiary/aromatic N) is 4. The number of rotatable bonds is 4. The Labute approximate surface area is 129 Å². The van der Waals surface area contributed by atoms with Crippen molar-refractivity contribution in [3.05, 3.63) is 41.9 Å². The van der Waals surface area contributed by atoms with E-state index in [2.05, 4.69) is 10.1 Å². The van der Waals surface area contributed by atoms with Gasteiger partial charge in [-0.1, -0.05) is 0 Å². The molecule has 116 valence electrons. The smallest absolute Gasteiger partial charge is 0.227 e. The molecule has 1 unspecified atom stereocenters. The van der Waals surface area contributed by atoms with Crippen LogP contribution in [0, 0.1) is 0 Å². The van der Waals surface area contributed by atoms with Crippen molar-refractivity contribution in [3.63, 3.8) is 0 Å². The molecule has 0 bridgehead atoms. The highest BCUT2D eigenvalue weighted by atomic mass is 16.5. The van der Waals surface area contributed by atoms with Gasteiger partial charge in [-0.2, -0.15) is 5.10 Å². The highest BCUT2D eigenvalue weighted by Gasteiger charge is 2.27. The second-order valence-corrected chi connectivity index (χ2v) is 5.66. The Kier molecular flexibility index (Phi) is 4.09. The van der Waals surface area contributed by atoms with Crippen molar-refractivity contribution in [2.24, 2.45) is 7.05 Å². The molecule has 2 aromatic heterocycles. The molecule has 0 spiro atoms. The lowest BCUT2D eigenvalue weighted by atomic mass is 10.0. The van der Waals surface area contributed by atoms with Crippen molar-refractivity contribution in [2.45, 2.75) is 18.8 Å². The van der Waals surface area contributed by atoms with Gasteiger partial charge in [0.1, 0.15) is 0 Å². The van der Waals surface area contributed by atoms with E-state index in [4.69, 9.17) is 4.74 Å². The van der Waals surface area contributed by atoms with Crippen LogP contribution < -0.4 is 4.74 Å². The Balaban J connectivity index is 1.61. The summed E-state index contributed by atoms with van der Waals surface area (Å²) in [5.41, 5.74) is 2.14. The van der Waals surface area contributed by atoms with Crippen LogP contribution in [-0.4, -0.2) is 45.8 Å². The summed E-state index contributed by atoms with van der Waals surface area (Å²) >= 11 is 0. The first kappa shape index (κ1) is 14.6. The van der Waals surface area contributed by atoms with Crippen LogP contribution in [0.25, 0.3) is 0 Å². The average molecular weight is 300 g/mol. The van der Waals surface area contributed by atoms with Crippen LogP contribution in [0.15, 0.2) is 30.7 Å². The number of likely N-dealkylation sites (tertiary alicyclic amines) is 1. The lowest BCUT2D eigenvalue weighted by Gasteiger charge is -2.16. The Bertz CT molecular complexity index is 668.